The summed E-state index contributed by atoms with van der Waals surface area (Å²) in [6.45, 7) is 9.59. The largest absolute Gasteiger partial charge is 0.494 e. The Morgan fingerprint density at radius 2 is 1.78 bits per heavy atom. The first-order valence-corrected chi connectivity index (χ1v) is 7.14. The molecule has 0 spiro atoms. The maximum absolute atomic E-state index is 5.82. The number of hydrogen-bond acceptors (Lipinski definition) is 2. The molecule has 0 saturated heterocycles. The summed E-state index contributed by atoms with van der Waals surface area (Å²) in [5.41, 5.74) is 2.86. The van der Waals surface area contributed by atoms with Crippen molar-refractivity contribution in [1.82, 2.24) is 4.90 Å². The highest BCUT2D eigenvalue weighted by atomic mass is 16.5. The van der Waals surface area contributed by atoms with E-state index in [2.05, 4.69) is 50.9 Å². The van der Waals surface area contributed by atoms with Crippen molar-refractivity contribution >= 4 is 0 Å². The molecular weight excluding hydrogens is 222 g/mol. The standard InChI is InChI=1S/C16H27NO/c1-5-14-9-10-16(13-15(14)6-2)18-12-8-11-17(4)7-3/h9-10,13H,5-8,11-12H2,1-4H3. The minimum Gasteiger partial charge on any atom is -0.494 e. The first-order valence-electron chi connectivity index (χ1n) is 7.14. The second-order valence-corrected chi connectivity index (χ2v) is 4.74. The zero-order valence-electron chi connectivity index (χ0n) is 12.3. The average Bonchev–Trinajstić information content (AvgIpc) is 2.42. The minimum absolute atomic E-state index is 0.805. The summed E-state index contributed by atoms with van der Waals surface area (Å²) in [4.78, 5) is 2.31. The topological polar surface area (TPSA) is 12.5 Å². The van der Waals surface area contributed by atoms with E-state index in [1.807, 2.05) is 0 Å². The van der Waals surface area contributed by atoms with Crippen LogP contribution in [-0.4, -0.2) is 31.6 Å². The second kappa shape index (κ2) is 8.15. The first kappa shape index (κ1) is 15.0. The monoisotopic (exact) mass is 249 g/mol. The van der Waals surface area contributed by atoms with Gasteiger partial charge in [-0.3, -0.25) is 0 Å². The Labute approximate surface area is 112 Å². The lowest BCUT2D eigenvalue weighted by molar-refractivity contribution is 0.268. The zero-order chi connectivity index (χ0) is 13.4. The van der Waals surface area contributed by atoms with Crippen LogP contribution in [0.5, 0.6) is 5.75 Å². The molecule has 0 aliphatic heterocycles. The van der Waals surface area contributed by atoms with Crippen LogP contribution >= 0.6 is 0 Å². The highest BCUT2D eigenvalue weighted by molar-refractivity contribution is 5.35. The Kier molecular flexibility index (Phi) is 6.81. The molecule has 0 unspecified atom stereocenters. The summed E-state index contributed by atoms with van der Waals surface area (Å²) in [5, 5.41) is 0. The molecule has 1 aromatic carbocycles. The van der Waals surface area contributed by atoms with Crippen LogP contribution in [-0.2, 0) is 12.8 Å². The molecule has 2 nitrogen and oxygen atoms in total. The van der Waals surface area contributed by atoms with Crippen LogP contribution in [0.3, 0.4) is 0 Å². The van der Waals surface area contributed by atoms with E-state index >= 15 is 0 Å². The smallest absolute Gasteiger partial charge is 0.119 e. The first-order chi connectivity index (χ1) is 8.71. The fourth-order valence-corrected chi connectivity index (χ4v) is 2.05. The fraction of sp³-hybridized carbons (Fsp3) is 0.625. The molecule has 0 N–H and O–H groups in total. The molecule has 0 aliphatic rings. The Balaban J connectivity index is 2.43. The number of ether oxygens (including phenoxy) is 1. The number of hydrogen-bond donors (Lipinski definition) is 0. The number of aryl methyl sites for hydroxylation is 2. The van der Waals surface area contributed by atoms with Crippen molar-refractivity contribution in [3.05, 3.63) is 29.3 Å². The van der Waals surface area contributed by atoms with E-state index in [9.17, 15) is 0 Å². The molecule has 0 aromatic heterocycles. The van der Waals surface area contributed by atoms with Crippen LogP contribution in [0.25, 0.3) is 0 Å². The van der Waals surface area contributed by atoms with Crippen molar-refractivity contribution in [3.8, 4) is 5.75 Å². The number of benzene rings is 1. The second-order valence-electron chi connectivity index (χ2n) is 4.74. The molecule has 102 valence electrons. The van der Waals surface area contributed by atoms with Crippen molar-refractivity contribution in [1.29, 1.82) is 0 Å². The molecule has 0 heterocycles. The predicted molar refractivity (Wildman–Crippen MR) is 78.5 cm³/mol. The third-order valence-electron chi connectivity index (χ3n) is 3.43. The van der Waals surface area contributed by atoms with Crippen LogP contribution in [0.15, 0.2) is 18.2 Å². The summed E-state index contributed by atoms with van der Waals surface area (Å²) in [6, 6.07) is 6.50. The van der Waals surface area contributed by atoms with Gasteiger partial charge in [-0.2, -0.15) is 0 Å². The van der Waals surface area contributed by atoms with Crippen LogP contribution in [0.2, 0.25) is 0 Å². The molecule has 0 radical (unpaired) electrons. The zero-order valence-corrected chi connectivity index (χ0v) is 12.3. The van der Waals surface area contributed by atoms with Crippen LogP contribution < -0.4 is 4.74 Å². The normalized spacial score (nSPS) is 10.9. The molecule has 0 atom stereocenters. The van der Waals surface area contributed by atoms with Gasteiger partial charge in [0, 0.05) is 6.54 Å². The van der Waals surface area contributed by atoms with Crippen molar-refractivity contribution in [2.45, 2.75) is 40.0 Å². The molecule has 0 fully saturated rings. The SMILES string of the molecule is CCc1ccc(OCCCN(C)CC)cc1CC. The van der Waals surface area contributed by atoms with E-state index in [0.29, 0.717) is 0 Å². The highest BCUT2D eigenvalue weighted by Gasteiger charge is 2.02. The van der Waals surface area contributed by atoms with Crippen molar-refractivity contribution in [2.75, 3.05) is 26.7 Å². The van der Waals surface area contributed by atoms with Gasteiger partial charge in [0.05, 0.1) is 6.61 Å². The average molecular weight is 249 g/mol. The van der Waals surface area contributed by atoms with Gasteiger partial charge >= 0.3 is 0 Å². The van der Waals surface area contributed by atoms with Crippen molar-refractivity contribution < 1.29 is 4.74 Å². The van der Waals surface area contributed by atoms with Gasteiger partial charge in [-0.25, -0.2) is 0 Å². The van der Waals surface area contributed by atoms with Crippen LogP contribution in [0.4, 0.5) is 0 Å². The lowest BCUT2D eigenvalue weighted by atomic mass is 10.0. The van der Waals surface area contributed by atoms with E-state index < -0.39 is 0 Å². The maximum atomic E-state index is 5.82. The van der Waals surface area contributed by atoms with Gasteiger partial charge in [0.25, 0.3) is 0 Å². The van der Waals surface area contributed by atoms with E-state index in [1.54, 1.807) is 0 Å². The fourth-order valence-electron chi connectivity index (χ4n) is 2.05. The minimum atomic E-state index is 0.805. The highest BCUT2D eigenvalue weighted by Crippen LogP contribution is 2.19. The Morgan fingerprint density at radius 3 is 2.39 bits per heavy atom. The van der Waals surface area contributed by atoms with Crippen LogP contribution in [0, 0.1) is 0 Å². The molecule has 18 heavy (non-hydrogen) atoms. The number of nitrogens with zero attached hydrogens (tertiary/aromatic N) is 1. The maximum Gasteiger partial charge on any atom is 0.119 e. The lowest BCUT2D eigenvalue weighted by Crippen LogP contribution is -2.20. The summed E-state index contributed by atoms with van der Waals surface area (Å²) in [5.74, 6) is 1.02. The Bertz CT molecular complexity index is 349. The molecule has 0 amide bonds. The van der Waals surface area contributed by atoms with Gasteiger partial charge in [0.1, 0.15) is 5.75 Å². The predicted octanol–water partition coefficient (Wildman–Crippen LogP) is 3.53. The molecule has 2 heteroatoms. The molecule has 0 saturated carbocycles. The van der Waals surface area contributed by atoms with E-state index in [0.717, 1.165) is 44.7 Å². The van der Waals surface area contributed by atoms with Crippen LogP contribution in [0.1, 0.15) is 38.3 Å². The lowest BCUT2D eigenvalue weighted by Gasteiger charge is -2.14. The van der Waals surface area contributed by atoms with E-state index in [1.165, 1.54) is 11.1 Å². The summed E-state index contributed by atoms with van der Waals surface area (Å²) < 4.78 is 5.82. The Morgan fingerprint density at radius 1 is 1.06 bits per heavy atom. The van der Waals surface area contributed by atoms with Gasteiger partial charge in [-0.05, 0) is 56.1 Å². The van der Waals surface area contributed by atoms with Gasteiger partial charge in [0.2, 0.25) is 0 Å². The summed E-state index contributed by atoms with van der Waals surface area (Å²) in [7, 11) is 2.14. The van der Waals surface area contributed by atoms with Gasteiger partial charge in [0.15, 0.2) is 0 Å². The molecular formula is C16H27NO. The molecule has 0 aliphatic carbocycles. The summed E-state index contributed by atoms with van der Waals surface area (Å²) in [6.07, 6.45) is 3.27. The molecule has 0 bridgehead atoms. The van der Waals surface area contributed by atoms with Crippen molar-refractivity contribution in [3.63, 3.8) is 0 Å². The molecule has 1 rings (SSSR count). The van der Waals surface area contributed by atoms with E-state index in [-0.39, 0.29) is 0 Å². The quantitative estimate of drug-likeness (QED) is 0.653. The van der Waals surface area contributed by atoms with Gasteiger partial charge < -0.3 is 9.64 Å². The third-order valence-corrected chi connectivity index (χ3v) is 3.43. The van der Waals surface area contributed by atoms with Gasteiger partial charge in [-0.15, -0.1) is 0 Å². The van der Waals surface area contributed by atoms with Crippen molar-refractivity contribution in [2.24, 2.45) is 0 Å². The number of rotatable bonds is 8. The summed E-state index contributed by atoms with van der Waals surface area (Å²) >= 11 is 0. The van der Waals surface area contributed by atoms with E-state index in [4.69, 9.17) is 4.74 Å². The van der Waals surface area contributed by atoms with Gasteiger partial charge in [-0.1, -0.05) is 26.8 Å². The molecule has 1 aromatic rings. The Hall–Kier alpha value is -1.02. The third kappa shape index (κ3) is 4.69.